The number of carbonyl (C=O) groups excluding carboxylic acids is 1. The van der Waals surface area contributed by atoms with Gasteiger partial charge in [0.05, 0.1) is 5.60 Å². The van der Waals surface area contributed by atoms with Gasteiger partial charge in [-0.05, 0) is 49.0 Å². The zero-order valence-electron chi connectivity index (χ0n) is 16.5. The van der Waals surface area contributed by atoms with Crippen LogP contribution in [0.2, 0.25) is 0 Å². The number of allylic oxidation sites excluding steroid dienone is 2. The second-order valence-corrected chi connectivity index (χ2v) is 9.82. The quantitative estimate of drug-likeness (QED) is 0.577. The van der Waals surface area contributed by atoms with Crippen molar-refractivity contribution in [1.82, 2.24) is 0 Å². The Morgan fingerprint density at radius 1 is 1.24 bits per heavy atom. The van der Waals surface area contributed by atoms with Crippen molar-refractivity contribution in [3.8, 4) is 0 Å². The molecule has 2 saturated carbocycles. The number of hydrogen-bond acceptors (Lipinski definition) is 3. The highest BCUT2D eigenvalue weighted by molar-refractivity contribution is 5.66. The normalized spacial score (nSPS) is 45.6. The average molecular weight is 347 g/mol. The molecule has 3 rings (SSSR count). The number of esters is 1. The zero-order chi connectivity index (χ0) is 18.7. The van der Waals surface area contributed by atoms with E-state index in [4.69, 9.17) is 4.74 Å². The van der Waals surface area contributed by atoms with Crippen molar-refractivity contribution < 1.29 is 14.6 Å². The van der Waals surface area contributed by atoms with Gasteiger partial charge in [0.15, 0.2) is 0 Å². The van der Waals surface area contributed by atoms with Gasteiger partial charge in [-0.1, -0.05) is 46.3 Å². The van der Waals surface area contributed by atoms with Crippen molar-refractivity contribution in [3.63, 3.8) is 0 Å². The summed E-state index contributed by atoms with van der Waals surface area (Å²) in [6.07, 6.45) is 9.54. The lowest BCUT2D eigenvalue weighted by atomic mass is 9.43. The molecule has 0 bridgehead atoms. The van der Waals surface area contributed by atoms with Crippen LogP contribution in [-0.4, -0.2) is 22.8 Å². The second-order valence-electron chi connectivity index (χ2n) is 9.82. The molecule has 3 heteroatoms. The Kier molecular flexibility index (Phi) is 4.27. The Morgan fingerprint density at radius 2 is 1.92 bits per heavy atom. The summed E-state index contributed by atoms with van der Waals surface area (Å²) >= 11 is 0. The minimum absolute atomic E-state index is 0.145. The number of fused-ring (bicyclic) bond motifs is 3. The van der Waals surface area contributed by atoms with E-state index in [1.807, 2.05) is 6.08 Å². The van der Waals surface area contributed by atoms with E-state index in [0.29, 0.717) is 12.3 Å². The maximum Gasteiger partial charge on any atom is 0.303 e. The molecule has 0 spiro atoms. The van der Waals surface area contributed by atoms with E-state index in [0.717, 1.165) is 31.3 Å². The molecule has 0 aromatic carbocycles. The molecule has 0 amide bonds. The van der Waals surface area contributed by atoms with Gasteiger partial charge in [0.1, 0.15) is 6.10 Å². The highest BCUT2D eigenvalue weighted by atomic mass is 16.5. The summed E-state index contributed by atoms with van der Waals surface area (Å²) in [7, 11) is 0. The van der Waals surface area contributed by atoms with E-state index in [1.165, 1.54) is 13.3 Å². The number of hydrogen-bond donors (Lipinski definition) is 1. The summed E-state index contributed by atoms with van der Waals surface area (Å²) in [5.41, 5.74) is -0.136. The van der Waals surface area contributed by atoms with E-state index >= 15 is 0 Å². The van der Waals surface area contributed by atoms with E-state index in [1.54, 1.807) is 0 Å². The van der Waals surface area contributed by atoms with E-state index in [-0.39, 0.29) is 28.3 Å². The van der Waals surface area contributed by atoms with Crippen molar-refractivity contribution in [3.05, 3.63) is 24.3 Å². The molecule has 3 aliphatic rings. The van der Waals surface area contributed by atoms with Gasteiger partial charge in [-0.2, -0.15) is 0 Å². The molecule has 0 aliphatic heterocycles. The molecule has 2 fully saturated rings. The van der Waals surface area contributed by atoms with Gasteiger partial charge >= 0.3 is 5.97 Å². The molecular formula is C22H34O3. The molecule has 1 N–H and O–H groups in total. The lowest BCUT2D eigenvalue weighted by Crippen LogP contribution is -2.64. The third-order valence-electron chi connectivity index (χ3n) is 7.73. The Morgan fingerprint density at radius 3 is 2.52 bits per heavy atom. The van der Waals surface area contributed by atoms with Crippen LogP contribution in [0.5, 0.6) is 0 Å². The first-order chi connectivity index (χ1) is 11.5. The Bertz CT molecular complexity index is 619. The lowest BCUT2D eigenvalue weighted by molar-refractivity contribution is -0.191. The number of ether oxygens (including phenoxy) is 1. The summed E-state index contributed by atoms with van der Waals surface area (Å²) in [6, 6.07) is 0. The molecule has 0 aromatic heterocycles. The highest BCUT2D eigenvalue weighted by Crippen LogP contribution is 2.65. The topological polar surface area (TPSA) is 46.5 Å². The number of carbonyl (C=O) groups is 1. The summed E-state index contributed by atoms with van der Waals surface area (Å²) in [4.78, 5) is 11.8. The molecule has 0 radical (unpaired) electrons. The van der Waals surface area contributed by atoms with Crippen molar-refractivity contribution in [2.75, 3.05) is 0 Å². The fourth-order valence-corrected chi connectivity index (χ4v) is 6.13. The third-order valence-corrected chi connectivity index (χ3v) is 7.73. The van der Waals surface area contributed by atoms with Crippen molar-refractivity contribution in [2.45, 2.75) is 84.8 Å². The molecule has 0 aromatic rings. The maximum absolute atomic E-state index is 12.0. The van der Waals surface area contributed by atoms with Gasteiger partial charge in [-0.3, -0.25) is 4.79 Å². The Hall–Kier alpha value is -1.09. The lowest BCUT2D eigenvalue weighted by Gasteiger charge is -2.64. The first kappa shape index (κ1) is 18.7. The summed E-state index contributed by atoms with van der Waals surface area (Å²) < 4.78 is 5.75. The summed E-state index contributed by atoms with van der Waals surface area (Å²) in [6.45, 7) is 14.5. The predicted octanol–water partition coefficient (Wildman–Crippen LogP) is 4.80. The molecule has 0 saturated heterocycles. The van der Waals surface area contributed by atoms with E-state index < -0.39 is 5.60 Å². The molecule has 0 heterocycles. The SMILES string of the molecule is C=C[C@]1(C)C=C2[C@H](OC(C)=O)C[C@H]3C(C)(C)CCC[C@]3(C)[C@@]2(O)CC1. The van der Waals surface area contributed by atoms with Gasteiger partial charge in [0.25, 0.3) is 0 Å². The van der Waals surface area contributed by atoms with Crippen molar-refractivity contribution in [1.29, 1.82) is 0 Å². The van der Waals surface area contributed by atoms with E-state index in [2.05, 4.69) is 40.3 Å². The minimum atomic E-state index is -0.893. The van der Waals surface area contributed by atoms with Gasteiger partial charge < -0.3 is 9.84 Å². The molecule has 5 atom stereocenters. The zero-order valence-corrected chi connectivity index (χ0v) is 16.5. The van der Waals surface area contributed by atoms with Gasteiger partial charge in [0, 0.05) is 17.8 Å². The first-order valence-electron chi connectivity index (χ1n) is 9.74. The van der Waals surface area contributed by atoms with Crippen LogP contribution in [0.4, 0.5) is 0 Å². The standard InChI is InChI=1S/C22H34O3/c1-7-20(5)11-12-22(24)16(14-20)17(25-15(2)23)13-18-19(3,4)9-8-10-21(18,22)6/h7,14,17-18,24H,1,8-13H2,2-6H3/t17-,18+,20+,21+,22-/m1/s1. The van der Waals surface area contributed by atoms with Crippen LogP contribution in [0, 0.1) is 22.2 Å². The molecule has 3 nitrogen and oxygen atoms in total. The number of aliphatic hydroxyl groups is 1. The average Bonchev–Trinajstić information content (AvgIpc) is 2.51. The van der Waals surface area contributed by atoms with Crippen LogP contribution in [0.25, 0.3) is 0 Å². The van der Waals surface area contributed by atoms with Crippen LogP contribution < -0.4 is 0 Å². The van der Waals surface area contributed by atoms with Crippen LogP contribution >= 0.6 is 0 Å². The van der Waals surface area contributed by atoms with Crippen LogP contribution in [-0.2, 0) is 9.53 Å². The monoisotopic (exact) mass is 346 g/mol. The van der Waals surface area contributed by atoms with Gasteiger partial charge in [0.2, 0.25) is 0 Å². The van der Waals surface area contributed by atoms with Crippen LogP contribution in [0.1, 0.15) is 73.1 Å². The Balaban J connectivity index is 2.14. The maximum atomic E-state index is 12.0. The van der Waals surface area contributed by atoms with Crippen molar-refractivity contribution in [2.24, 2.45) is 22.2 Å². The first-order valence-corrected chi connectivity index (χ1v) is 9.74. The summed E-state index contributed by atoms with van der Waals surface area (Å²) in [5.74, 6) is 0.0738. The highest BCUT2D eigenvalue weighted by Gasteiger charge is 2.64. The van der Waals surface area contributed by atoms with Crippen molar-refractivity contribution >= 4 is 5.97 Å². The third kappa shape index (κ3) is 2.70. The molecule has 3 aliphatic carbocycles. The Labute approximate surface area is 152 Å². The largest absolute Gasteiger partial charge is 0.458 e. The fraction of sp³-hybridized carbons (Fsp3) is 0.773. The van der Waals surface area contributed by atoms with E-state index in [9.17, 15) is 9.90 Å². The molecule has 25 heavy (non-hydrogen) atoms. The van der Waals surface area contributed by atoms with Crippen LogP contribution in [0.3, 0.4) is 0 Å². The van der Waals surface area contributed by atoms with Gasteiger partial charge in [-0.25, -0.2) is 0 Å². The predicted molar refractivity (Wildman–Crippen MR) is 100.0 cm³/mol. The van der Waals surface area contributed by atoms with Gasteiger partial charge in [-0.15, -0.1) is 6.58 Å². The molecular weight excluding hydrogens is 312 g/mol. The smallest absolute Gasteiger partial charge is 0.303 e. The molecule has 0 unspecified atom stereocenters. The van der Waals surface area contributed by atoms with Crippen LogP contribution in [0.15, 0.2) is 24.3 Å². The fourth-order valence-electron chi connectivity index (χ4n) is 6.13. The minimum Gasteiger partial charge on any atom is -0.458 e. The molecule has 140 valence electrons. The number of rotatable bonds is 2. The second kappa shape index (κ2) is 5.70. The summed E-state index contributed by atoms with van der Waals surface area (Å²) in [5, 5.41) is 12.0.